The summed E-state index contributed by atoms with van der Waals surface area (Å²) >= 11 is 0. The van der Waals surface area contributed by atoms with Gasteiger partial charge in [0, 0.05) is 23.7 Å². The van der Waals surface area contributed by atoms with Gasteiger partial charge in [-0.1, -0.05) is 84.9 Å². The van der Waals surface area contributed by atoms with Crippen LogP contribution >= 0.6 is 0 Å². The molecule has 0 saturated carbocycles. The van der Waals surface area contributed by atoms with Crippen molar-refractivity contribution >= 4 is 33.9 Å². The molecule has 0 aromatic heterocycles. The fourth-order valence-corrected chi connectivity index (χ4v) is 7.71. The highest BCUT2D eigenvalue weighted by Crippen LogP contribution is 2.56. The Morgan fingerprint density at radius 1 is 0.480 bits per heavy atom. The van der Waals surface area contributed by atoms with Crippen molar-refractivity contribution in [1.82, 2.24) is 0 Å². The van der Waals surface area contributed by atoms with Gasteiger partial charge in [-0.3, -0.25) is 0 Å². The summed E-state index contributed by atoms with van der Waals surface area (Å²) in [4.78, 5) is 3.32. The number of hydrogen-bond acceptors (Lipinski definition) is 2. The predicted octanol–water partition coefficient (Wildman–Crippen LogP) is 11.7. The van der Waals surface area contributed by atoms with Gasteiger partial charge in [-0.2, -0.15) is 0 Å². The highest BCUT2D eigenvalue weighted by Gasteiger charge is 2.41. The van der Waals surface area contributed by atoms with Crippen molar-refractivity contribution in [2.45, 2.75) is 6.42 Å². The fourth-order valence-electron chi connectivity index (χ4n) is 7.71. The smallest absolute Gasteiger partial charge is 0.147 e. The number of hydrogen-bond donors (Lipinski definition) is 0. The molecule has 5 aromatic carbocycles. The van der Waals surface area contributed by atoms with E-state index in [0.29, 0.717) is 12.1 Å². The van der Waals surface area contributed by atoms with E-state index in [1.54, 1.807) is 82.6 Å². The molecule has 1 unspecified atom stereocenters. The first-order chi connectivity index (χ1) is 24.5. The summed E-state index contributed by atoms with van der Waals surface area (Å²) in [6, 6.07) is 33.7. The molecule has 50 heavy (non-hydrogen) atoms. The van der Waals surface area contributed by atoms with Gasteiger partial charge in [-0.25, -0.2) is 17.6 Å². The molecule has 0 saturated heterocycles. The predicted molar refractivity (Wildman–Crippen MR) is 192 cm³/mol. The molecule has 5 aromatic rings. The number of halogens is 4. The molecule has 242 valence electrons. The number of rotatable bonds is 6. The SMILES string of the molecule is Fc1ccccc1N(C1=CC2=CC=C3CC(N(c4ccccc4F)c4ccccc4F)=CC4=C3C2C(=C1)c1ccccc14)c1ccccc1F. The molecule has 0 fully saturated rings. The summed E-state index contributed by atoms with van der Waals surface area (Å²) in [6.07, 6.45) is 10.7. The first kappa shape index (κ1) is 30.0. The minimum Gasteiger partial charge on any atom is -0.308 e. The van der Waals surface area contributed by atoms with E-state index < -0.39 is 23.3 Å². The summed E-state index contributed by atoms with van der Waals surface area (Å²) in [5.41, 5.74) is 9.47. The molecule has 0 spiro atoms. The van der Waals surface area contributed by atoms with E-state index in [9.17, 15) is 0 Å². The van der Waals surface area contributed by atoms with Crippen LogP contribution in [0.25, 0.3) is 11.1 Å². The first-order valence-corrected chi connectivity index (χ1v) is 16.5. The minimum atomic E-state index is -0.467. The lowest BCUT2D eigenvalue weighted by atomic mass is 9.64. The standard InChI is InChI=1S/C44H28F4N2/c45-35-13-3-7-17-39(35)49(40-18-8-4-14-36(40)46)29-23-27-21-22-28-24-30(26-34-32-12-2-1-11-31(32)33(25-29)43(27)44(28)34)50(41-19-9-5-15-37(41)47)42-20-10-6-16-38(42)48/h1-23,25-26,43H,24H2. The largest absolute Gasteiger partial charge is 0.308 e. The summed E-state index contributed by atoms with van der Waals surface area (Å²) in [5, 5.41) is 0. The second-order valence-corrected chi connectivity index (χ2v) is 12.6. The van der Waals surface area contributed by atoms with Crippen LogP contribution in [-0.2, 0) is 0 Å². The van der Waals surface area contributed by atoms with Crippen LogP contribution in [0.4, 0.5) is 40.3 Å². The molecular formula is C44H28F4N2. The molecule has 4 aliphatic carbocycles. The van der Waals surface area contributed by atoms with Gasteiger partial charge in [0.25, 0.3) is 0 Å². The van der Waals surface area contributed by atoms with Crippen LogP contribution in [0.2, 0.25) is 0 Å². The Hall–Kier alpha value is -6.14. The molecule has 0 heterocycles. The Morgan fingerprint density at radius 3 is 1.50 bits per heavy atom. The third kappa shape index (κ3) is 4.71. The number of nitrogens with zero attached hydrogens (tertiary/aromatic N) is 2. The van der Waals surface area contributed by atoms with Crippen LogP contribution in [0.15, 0.2) is 180 Å². The van der Waals surface area contributed by atoms with Crippen LogP contribution in [0.5, 0.6) is 0 Å². The van der Waals surface area contributed by atoms with Gasteiger partial charge in [-0.15, -0.1) is 0 Å². The maximum atomic E-state index is 15.5. The van der Waals surface area contributed by atoms with Crippen molar-refractivity contribution < 1.29 is 17.6 Å². The van der Waals surface area contributed by atoms with E-state index in [0.717, 1.165) is 44.7 Å². The van der Waals surface area contributed by atoms with Crippen molar-refractivity contribution in [2.24, 2.45) is 5.92 Å². The second kappa shape index (κ2) is 11.8. The van der Waals surface area contributed by atoms with Gasteiger partial charge >= 0.3 is 0 Å². The summed E-state index contributed by atoms with van der Waals surface area (Å²) in [7, 11) is 0. The van der Waals surface area contributed by atoms with Crippen molar-refractivity contribution in [3.05, 3.63) is 214 Å². The second-order valence-electron chi connectivity index (χ2n) is 12.6. The molecule has 1 atom stereocenters. The van der Waals surface area contributed by atoms with E-state index >= 15 is 17.6 Å². The zero-order valence-corrected chi connectivity index (χ0v) is 26.6. The quantitative estimate of drug-likeness (QED) is 0.167. The van der Waals surface area contributed by atoms with Crippen molar-refractivity contribution in [3.8, 4) is 0 Å². The third-order valence-corrected chi connectivity index (χ3v) is 9.79. The minimum absolute atomic E-state index is 0.139. The highest BCUT2D eigenvalue weighted by atomic mass is 19.1. The Bertz CT molecular complexity index is 2340. The van der Waals surface area contributed by atoms with Crippen LogP contribution in [0, 0.1) is 29.2 Å². The van der Waals surface area contributed by atoms with Crippen molar-refractivity contribution in [2.75, 3.05) is 9.80 Å². The van der Waals surface area contributed by atoms with Crippen molar-refractivity contribution in [3.63, 3.8) is 0 Å². The average molecular weight is 661 g/mol. The van der Waals surface area contributed by atoms with Crippen LogP contribution in [-0.4, -0.2) is 0 Å². The molecule has 0 bridgehead atoms. The molecular weight excluding hydrogens is 632 g/mol. The normalized spacial score (nSPS) is 17.0. The number of benzene rings is 5. The molecule has 2 nitrogen and oxygen atoms in total. The molecule has 9 rings (SSSR count). The zero-order valence-electron chi connectivity index (χ0n) is 26.6. The molecule has 0 radical (unpaired) electrons. The third-order valence-electron chi connectivity index (χ3n) is 9.79. The van der Waals surface area contributed by atoms with Crippen molar-refractivity contribution in [1.29, 1.82) is 0 Å². The average Bonchev–Trinajstić information content (AvgIpc) is 3.14. The topological polar surface area (TPSA) is 6.48 Å². The maximum absolute atomic E-state index is 15.5. The number of anilines is 4. The Balaban J connectivity index is 1.24. The highest BCUT2D eigenvalue weighted by molar-refractivity contribution is 6.00. The van der Waals surface area contributed by atoms with Gasteiger partial charge in [0.05, 0.1) is 22.7 Å². The van der Waals surface area contributed by atoms with E-state index in [1.165, 1.54) is 24.3 Å². The van der Waals surface area contributed by atoms with E-state index in [2.05, 4.69) is 30.4 Å². The molecule has 0 N–H and O–H groups in total. The van der Waals surface area contributed by atoms with E-state index in [1.807, 2.05) is 24.3 Å². The lowest BCUT2D eigenvalue weighted by molar-refractivity contribution is 0.616. The van der Waals surface area contributed by atoms with Crippen LogP contribution in [0.1, 0.15) is 17.5 Å². The summed E-state index contributed by atoms with van der Waals surface area (Å²) in [5.74, 6) is -1.98. The molecule has 0 aliphatic heterocycles. The van der Waals surface area contributed by atoms with E-state index in [-0.39, 0.29) is 28.7 Å². The number of allylic oxidation sites excluding steroid dienone is 10. The monoisotopic (exact) mass is 660 g/mol. The lowest BCUT2D eigenvalue weighted by Crippen LogP contribution is -2.29. The fraction of sp³-hybridized carbons (Fsp3) is 0.0455. The number of para-hydroxylation sites is 4. The van der Waals surface area contributed by atoms with Gasteiger partial charge < -0.3 is 9.80 Å². The van der Waals surface area contributed by atoms with Crippen LogP contribution in [0.3, 0.4) is 0 Å². The first-order valence-electron chi connectivity index (χ1n) is 16.5. The van der Waals surface area contributed by atoms with Gasteiger partial charge in [0.2, 0.25) is 0 Å². The Labute approximate surface area is 287 Å². The molecule has 4 aliphatic rings. The number of fused-ring (bicyclic) bond motifs is 3. The van der Waals surface area contributed by atoms with Crippen LogP contribution < -0.4 is 9.80 Å². The summed E-state index contributed by atoms with van der Waals surface area (Å²) in [6.45, 7) is 0. The lowest BCUT2D eigenvalue weighted by Gasteiger charge is -2.43. The Morgan fingerprint density at radius 2 is 0.960 bits per heavy atom. The van der Waals surface area contributed by atoms with Gasteiger partial charge in [0.15, 0.2) is 0 Å². The van der Waals surface area contributed by atoms with Gasteiger partial charge in [-0.05, 0) is 106 Å². The maximum Gasteiger partial charge on any atom is 0.147 e. The zero-order chi connectivity index (χ0) is 33.9. The molecule has 6 heteroatoms. The molecule has 0 amide bonds. The summed E-state index contributed by atoms with van der Waals surface area (Å²) < 4.78 is 62.0. The Kier molecular flexibility index (Phi) is 7.06. The van der Waals surface area contributed by atoms with Gasteiger partial charge in [0.1, 0.15) is 23.3 Å². The van der Waals surface area contributed by atoms with E-state index in [4.69, 9.17) is 0 Å².